The molecule has 1 aromatic rings. The van der Waals surface area contributed by atoms with Crippen molar-refractivity contribution in [2.24, 2.45) is 0 Å². The fraction of sp³-hybridized carbons (Fsp3) is 0.538. The maximum Gasteiger partial charge on any atom is 0.124 e. The Hall–Kier alpha value is -1.06. The lowest BCUT2D eigenvalue weighted by molar-refractivity contribution is 0.0884. The minimum Gasteiger partial charge on any atom is -0.496 e. The van der Waals surface area contributed by atoms with E-state index < -0.39 is 6.10 Å². The van der Waals surface area contributed by atoms with E-state index in [-0.39, 0.29) is 6.61 Å². The van der Waals surface area contributed by atoms with E-state index in [0.717, 1.165) is 16.9 Å². The van der Waals surface area contributed by atoms with Crippen LogP contribution in [0.3, 0.4) is 0 Å². The number of hydrogen-bond acceptors (Lipinski definition) is 3. The van der Waals surface area contributed by atoms with Gasteiger partial charge in [-0.1, -0.05) is 17.7 Å². The molecule has 1 aromatic carbocycles. The second-order valence-electron chi connectivity index (χ2n) is 4.15. The molecule has 2 N–H and O–H groups in total. The summed E-state index contributed by atoms with van der Waals surface area (Å²) in [7, 11) is 1.66. The van der Waals surface area contributed by atoms with Crippen molar-refractivity contribution in [3.63, 3.8) is 0 Å². The quantitative estimate of drug-likeness (QED) is 0.798. The Morgan fingerprint density at radius 3 is 2.56 bits per heavy atom. The summed E-state index contributed by atoms with van der Waals surface area (Å²) in [6, 6.07) is 4.14. The number of aliphatic hydroxyl groups is 2. The second-order valence-corrected chi connectivity index (χ2v) is 4.15. The molecule has 1 rings (SSSR count). The maximum atomic E-state index is 9.33. The lowest BCUT2D eigenvalue weighted by atomic mass is 10.0. The lowest BCUT2D eigenvalue weighted by Gasteiger charge is -2.14. The van der Waals surface area contributed by atoms with E-state index in [1.807, 2.05) is 13.8 Å². The Morgan fingerprint density at radius 1 is 1.31 bits per heavy atom. The van der Waals surface area contributed by atoms with E-state index in [0.29, 0.717) is 12.8 Å². The normalized spacial score (nSPS) is 12.6. The van der Waals surface area contributed by atoms with Gasteiger partial charge in [0, 0.05) is 0 Å². The number of benzene rings is 1. The molecule has 0 spiro atoms. The van der Waals surface area contributed by atoms with Crippen molar-refractivity contribution < 1.29 is 14.9 Å². The molecule has 0 aliphatic heterocycles. The molecular formula is C13H20O3. The summed E-state index contributed by atoms with van der Waals surface area (Å²) in [4.78, 5) is 0. The smallest absolute Gasteiger partial charge is 0.124 e. The molecule has 0 heterocycles. The average molecular weight is 224 g/mol. The van der Waals surface area contributed by atoms with Gasteiger partial charge in [0.1, 0.15) is 5.75 Å². The molecule has 0 amide bonds. The Balaban J connectivity index is 2.85. The highest BCUT2D eigenvalue weighted by Crippen LogP contribution is 2.26. The predicted molar refractivity (Wildman–Crippen MR) is 63.9 cm³/mol. The van der Waals surface area contributed by atoms with Crippen molar-refractivity contribution in [1.82, 2.24) is 0 Å². The topological polar surface area (TPSA) is 49.7 Å². The van der Waals surface area contributed by atoms with Crippen LogP contribution in [0.15, 0.2) is 12.1 Å². The molecule has 0 aromatic heterocycles. The van der Waals surface area contributed by atoms with Crippen LogP contribution < -0.4 is 4.74 Å². The molecule has 0 aliphatic rings. The third kappa shape index (κ3) is 3.22. The molecule has 0 bridgehead atoms. The average Bonchev–Trinajstić information content (AvgIpc) is 2.25. The van der Waals surface area contributed by atoms with Crippen LogP contribution >= 0.6 is 0 Å². The summed E-state index contributed by atoms with van der Waals surface area (Å²) in [6.07, 6.45) is 0.619. The number of aliphatic hydroxyl groups excluding tert-OH is 2. The van der Waals surface area contributed by atoms with Crippen molar-refractivity contribution in [2.75, 3.05) is 13.7 Å². The summed E-state index contributed by atoms with van der Waals surface area (Å²) >= 11 is 0. The maximum absolute atomic E-state index is 9.33. The van der Waals surface area contributed by atoms with Crippen LogP contribution in [0.5, 0.6) is 5.75 Å². The zero-order valence-corrected chi connectivity index (χ0v) is 10.2. The molecule has 90 valence electrons. The van der Waals surface area contributed by atoms with Gasteiger partial charge in [0.2, 0.25) is 0 Å². The van der Waals surface area contributed by atoms with E-state index in [9.17, 15) is 5.11 Å². The van der Waals surface area contributed by atoms with Gasteiger partial charge in [-0.3, -0.25) is 0 Å². The molecule has 3 heteroatoms. The third-order valence-corrected chi connectivity index (χ3v) is 2.66. The number of aryl methyl sites for hydroxylation is 3. The number of methoxy groups -OCH3 is 1. The number of hydrogen-bond donors (Lipinski definition) is 2. The standard InChI is InChI=1S/C13H20O3/c1-9-6-10(2)13(16-3)11(7-9)4-5-12(15)8-14/h6-7,12,14-15H,4-5,8H2,1-3H3. The minimum absolute atomic E-state index is 0.187. The van der Waals surface area contributed by atoms with Crippen molar-refractivity contribution in [3.05, 3.63) is 28.8 Å². The van der Waals surface area contributed by atoms with Gasteiger partial charge < -0.3 is 14.9 Å². The van der Waals surface area contributed by atoms with Crippen LogP contribution in [0.25, 0.3) is 0 Å². The van der Waals surface area contributed by atoms with Gasteiger partial charge in [0.25, 0.3) is 0 Å². The zero-order chi connectivity index (χ0) is 12.1. The Bertz CT molecular complexity index is 347. The lowest BCUT2D eigenvalue weighted by Crippen LogP contribution is -2.13. The third-order valence-electron chi connectivity index (χ3n) is 2.66. The van der Waals surface area contributed by atoms with E-state index in [1.54, 1.807) is 7.11 Å². The van der Waals surface area contributed by atoms with Crippen LogP contribution in [0.4, 0.5) is 0 Å². The number of ether oxygens (including phenoxy) is 1. The van der Waals surface area contributed by atoms with Gasteiger partial charge in [-0.2, -0.15) is 0 Å². The van der Waals surface area contributed by atoms with Crippen molar-refractivity contribution in [1.29, 1.82) is 0 Å². The Morgan fingerprint density at radius 2 is 2.00 bits per heavy atom. The van der Waals surface area contributed by atoms with Crippen LogP contribution in [-0.4, -0.2) is 30.0 Å². The number of rotatable bonds is 5. The molecule has 1 unspecified atom stereocenters. The van der Waals surface area contributed by atoms with Crippen LogP contribution in [-0.2, 0) is 6.42 Å². The second kappa shape index (κ2) is 5.87. The molecule has 0 saturated carbocycles. The molecular weight excluding hydrogens is 204 g/mol. The monoisotopic (exact) mass is 224 g/mol. The summed E-state index contributed by atoms with van der Waals surface area (Å²) in [6.45, 7) is 3.86. The SMILES string of the molecule is COc1c(C)cc(C)cc1CCC(O)CO. The van der Waals surface area contributed by atoms with Crippen molar-refractivity contribution >= 4 is 0 Å². The van der Waals surface area contributed by atoms with Crippen LogP contribution in [0.2, 0.25) is 0 Å². The first-order valence-electron chi connectivity index (χ1n) is 5.51. The fourth-order valence-corrected chi connectivity index (χ4v) is 1.93. The first kappa shape index (κ1) is 13.0. The summed E-state index contributed by atoms with van der Waals surface area (Å²) in [5.74, 6) is 0.885. The molecule has 0 radical (unpaired) electrons. The highest BCUT2D eigenvalue weighted by Gasteiger charge is 2.09. The summed E-state index contributed by atoms with van der Waals surface area (Å²) in [5, 5.41) is 18.1. The first-order valence-corrected chi connectivity index (χ1v) is 5.51. The first-order chi connectivity index (χ1) is 7.58. The van der Waals surface area contributed by atoms with Crippen molar-refractivity contribution in [2.45, 2.75) is 32.8 Å². The zero-order valence-electron chi connectivity index (χ0n) is 10.2. The predicted octanol–water partition coefficient (Wildman–Crippen LogP) is 1.60. The molecule has 1 atom stereocenters. The Kier molecular flexibility index (Phi) is 4.77. The Labute approximate surface area is 96.7 Å². The highest BCUT2D eigenvalue weighted by molar-refractivity contribution is 5.43. The summed E-state index contributed by atoms with van der Waals surface area (Å²) in [5.41, 5.74) is 3.38. The van der Waals surface area contributed by atoms with Gasteiger partial charge in [-0.05, 0) is 37.8 Å². The van der Waals surface area contributed by atoms with Gasteiger partial charge >= 0.3 is 0 Å². The highest BCUT2D eigenvalue weighted by atomic mass is 16.5. The molecule has 16 heavy (non-hydrogen) atoms. The van der Waals surface area contributed by atoms with Gasteiger partial charge in [0.15, 0.2) is 0 Å². The van der Waals surface area contributed by atoms with E-state index in [4.69, 9.17) is 9.84 Å². The minimum atomic E-state index is -0.648. The van der Waals surface area contributed by atoms with E-state index >= 15 is 0 Å². The van der Waals surface area contributed by atoms with Gasteiger partial charge in [-0.15, -0.1) is 0 Å². The van der Waals surface area contributed by atoms with Gasteiger partial charge in [0.05, 0.1) is 19.8 Å². The van der Waals surface area contributed by atoms with Crippen LogP contribution in [0.1, 0.15) is 23.1 Å². The molecule has 0 aliphatic carbocycles. The van der Waals surface area contributed by atoms with Crippen molar-refractivity contribution in [3.8, 4) is 5.75 Å². The van der Waals surface area contributed by atoms with E-state index in [1.165, 1.54) is 5.56 Å². The summed E-state index contributed by atoms with van der Waals surface area (Å²) < 4.78 is 5.35. The molecule has 0 saturated heterocycles. The largest absolute Gasteiger partial charge is 0.496 e. The fourth-order valence-electron chi connectivity index (χ4n) is 1.93. The van der Waals surface area contributed by atoms with Crippen LogP contribution in [0, 0.1) is 13.8 Å². The van der Waals surface area contributed by atoms with E-state index in [2.05, 4.69) is 12.1 Å². The van der Waals surface area contributed by atoms with Gasteiger partial charge in [-0.25, -0.2) is 0 Å². The molecule has 3 nitrogen and oxygen atoms in total. The molecule has 0 fully saturated rings.